The van der Waals surface area contributed by atoms with Crippen LogP contribution < -0.4 is 11.1 Å². The Bertz CT molecular complexity index is 479. The van der Waals surface area contributed by atoms with Crippen molar-refractivity contribution in [1.29, 1.82) is 0 Å². The first-order valence-corrected chi connectivity index (χ1v) is 5.71. The monoisotopic (exact) mass is 255 g/mol. The number of nitrogens with zero attached hydrogens (tertiary/aromatic N) is 1. The van der Waals surface area contributed by atoms with Crippen molar-refractivity contribution in [3.8, 4) is 0 Å². The van der Waals surface area contributed by atoms with Crippen LogP contribution in [0.5, 0.6) is 0 Å². The van der Waals surface area contributed by atoms with Gasteiger partial charge in [0.05, 0.1) is 5.56 Å². The van der Waals surface area contributed by atoms with Gasteiger partial charge in [-0.05, 0) is 26.1 Å². The van der Waals surface area contributed by atoms with Crippen LogP contribution in [0.3, 0.4) is 0 Å². The zero-order valence-corrected chi connectivity index (χ0v) is 10.0. The normalized spacial score (nSPS) is 20.1. The van der Waals surface area contributed by atoms with Gasteiger partial charge in [0, 0.05) is 24.3 Å². The highest BCUT2D eigenvalue weighted by molar-refractivity contribution is 5.99. The van der Waals surface area contributed by atoms with Crippen LogP contribution in [0, 0.1) is 11.6 Å². The molecule has 0 radical (unpaired) electrons. The molecule has 1 aliphatic heterocycles. The summed E-state index contributed by atoms with van der Waals surface area (Å²) in [6.07, 6.45) is 0.839. The predicted molar refractivity (Wildman–Crippen MR) is 64.1 cm³/mol. The lowest BCUT2D eigenvalue weighted by Crippen LogP contribution is -2.36. The number of hydrogen-bond acceptors (Lipinski definition) is 3. The van der Waals surface area contributed by atoms with Gasteiger partial charge in [-0.3, -0.25) is 4.79 Å². The van der Waals surface area contributed by atoms with Crippen LogP contribution in [0.2, 0.25) is 0 Å². The van der Waals surface area contributed by atoms with Crippen molar-refractivity contribution in [2.24, 2.45) is 0 Å². The number of rotatable bonds is 2. The Labute approximate surface area is 104 Å². The molecule has 3 N–H and O–H groups in total. The van der Waals surface area contributed by atoms with E-state index in [9.17, 15) is 13.6 Å². The lowest BCUT2D eigenvalue weighted by molar-refractivity contribution is 0.0939. The number of nitrogens with two attached hydrogens (primary N) is 1. The van der Waals surface area contributed by atoms with Crippen molar-refractivity contribution in [2.45, 2.75) is 12.5 Å². The second-order valence-corrected chi connectivity index (χ2v) is 4.57. The van der Waals surface area contributed by atoms with Crippen LogP contribution in [-0.4, -0.2) is 37.0 Å². The maximum Gasteiger partial charge on any atom is 0.253 e. The van der Waals surface area contributed by atoms with Crippen molar-refractivity contribution in [3.05, 3.63) is 29.3 Å². The number of amides is 1. The van der Waals surface area contributed by atoms with Gasteiger partial charge in [-0.1, -0.05) is 0 Å². The highest BCUT2D eigenvalue weighted by atomic mass is 19.2. The van der Waals surface area contributed by atoms with Gasteiger partial charge >= 0.3 is 0 Å². The van der Waals surface area contributed by atoms with Gasteiger partial charge in [-0.15, -0.1) is 0 Å². The van der Waals surface area contributed by atoms with Crippen LogP contribution >= 0.6 is 0 Å². The molecule has 2 rings (SSSR count). The number of carbonyl (C=O) groups is 1. The van der Waals surface area contributed by atoms with E-state index in [1.54, 1.807) is 0 Å². The summed E-state index contributed by atoms with van der Waals surface area (Å²) < 4.78 is 26.0. The summed E-state index contributed by atoms with van der Waals surface area (Å²) in [5, 5.41) is 2.76. The van der Waals surface area contributed by atoms with E-state index in [1.165, 1.54) is 0 Å². The SMILES string of the molecule is CN1CCC(NC(=O)c2cc(F)c(F)cc2N)C1. The van der Waals surface area contributed by atoms with E-state index in [0.717, 1.165) is 31.6 Å². The van der Waals surface area contributed by atoms with Crippen molar-refractivity contribution in [2.75, 3.05) is 25.9 Å². The van der Waals surface area contributed by atoms with Crippen LogP contribution in [0.15, 0.2) is 12.1 Å². The molecule has 0 spiro atoms. The second-order valence-electron chi connectivity index (χ2n) is 4.57. The number of anilines is 1. The molecule has 1 aliphatic rings. The van der Waals surface area contributed by atoms with Crippen LogP contribution in [-0.2, 0) is 0 Å². The highest BCUT2D eigenvalue weighted by Crippen LogP contribution is 2.17. The van der Waals surface area contributed by atoms with Gasteiger partial charge in [0.1, 0.15) is 0 Å². The van der Waals surface area contributed by atoms with Crippen molar-refractivity contribution in [3.63, 3.8) is 0 Å². The van der Waals surface area contributed by atoms with Crippen LogP contribution in [0.25, 0.3) is 0 Å². The minimum Gasteiger partial charge on any atom is -0.398 e. The third kappa shape index (κ3) is 2.59. The average molecular weight is 255 g/mol. The molecular weight excluding hydrogens is 240 g/mol. The van der Waals surface area contributed by atoms with Crippen molar-refractivity contribution in [1.82, 2.24) is 10.2 Å². The first kappa shape index (κ1) is 12.8. The number of carbonyl (C=O) groups excluding carboxylic acids is 1. The van der Waals surface area contributed by atoms with E-state index < -0.39 is 17.5 Å². The molecule has 1 amide bonds. The molecule has 18 heavy (non-hydrogen) atoms. The van der Waals surface area contributed by atoms with Crippen molar-refractivity contribution < 1.29 is 13.6 Å². The molecule has 0 saturated carbocycles. The van der Waals surface area contributed by atoms with E-state index in [1.807, 2.05) is 7.05 Å². The molecule has 98 valence electrons. The largest absolute Gasteiger partial charge is 0.398 e. The molecular formula is C12H15F2N3O. The van der Waals surface area contributed by atoms with E-state index in [-0.39, 0.29) is 17.3 Å². The van der Waals surface area contributed by atoms with E-state index >= 15 is 0 Å². The minimum atomic E-state index is -1.07. The Kier molecular flexibility index (Phi) is 3.47. The van der Waals surface area contributed by atoms with Gasteiger partial charge in [-0.2, -0.15) is 0 Å². The Hall–Kier alpha value is -1.69. The summed E-state index contributed by atoms with van der Waals surface area (Å²) >= 11 is 0. The van der Waals surface area contributed by atoms with E-state index in [0.29, 0.717) is 0 Å². The Morgan fingerprint density at radius 1 is 1.44 bits per heavy atom. The first-order valence-electron chi connectivity index (χ1n) is 5.71. The fraction of sp³-hybridized carbons (Fsp3) is 0.417. The molecule has 1 aromatic carbocycles. The first-order chi connectivity index (χ1) is 8.47. The van der Waals surface area contributed by atoms with Gasteiger partial charge < -0.3 is 16.0 Å². The maximum atomic E-state index is 13.1. The number of halogens is 2. The van der Waals surface area contributed by atoms with Gasteiger partial charge in [0.25, 0.3) is 5.91 Å². The molecule has 1 fully saturated rings. The number of likely N-dealkylation sites (N-methyl/N-ethyl adjacent to an activating group) is 1. The molecule has 1 aromatic rings. The summed E-state index contributed by atoms with van der Waals surface area (Å²) in [5.41, 5.74) is 5.43. The summed E-state index contributed by atoms with van der Waals surface area (Å²) in [6, 6.07) is 1.68. The molecule has 0 aliphatic carbocycles. The fourth-order valence-electron chi connectivity index (χ4n) is 2.07. The molecule has 1 atom stereocenters. The number of benzene rings is 1. The minimum absolute atomic E-state index is 0.0232. The molecule has 4 nitrogen and oxygen atoms in total. The zero-order valence-electron chi connectivity index (χ0n) is 10.0. The molecule has 0 aromatic heterocycles. The molecule has 0 bridgehead atoms. The molecule has 1 saturated heterocycles. The fourth-order valence-corrected chi connectivity index (χ4v) is 2.07. The summed E-state index contributed by atoms with van der Waals surface area (Å²) in [5.74, 6) is -2.59. The number of nitrogens with one attached hydrogen (secondary N) is 1. The third-order valence-corrected chi connectivity index (χ3v) is 3.06. The average Bonchev–Trinajstić information content (AvgIpc) is 2.69. The molecule has 1 unspecified atom stereocenters. The zero-order chi connectivity index (χ0) is 13.3. The van der Waals surface area contributed by atoms with Gasteiger partial charge in [0.15, 0.2) is 11.6 Å². The van der Waals surface area contributed by atoms with E-state index in [2.05, 4.69) is 10.2 Å². The summed E-state index contributed by atoms with van der Waals surface area (Å²) in [4.78, 5) is 14.0. The molecule has 6 heteroatoms. The van der Waals surface area contributed by atoms with Crippen LogP contribution in [0.1, 0.15) is 16.8 Å². The Morgan fingerprint density at radius 3 is 2.72 bits per heavy atom. The lowest BCUT2D eigenvalue weighted by Gasteiger charge is -2.14. The van der Waals surface area contributed by atoms with Crippen LogP contribution in [0.4, 0.5) is 14.5 Å². The summed E-state index contributed by atoms with van der Waals surface area (Å²) in [6.45, 7) is 1.65. The van der Waals surface area contributed by atoms with Crippen molar-refractivity contribution >= 4 is 11.6 Å². The van der Waals surface area contributed by atoms with Gasteiger partial charge in [-0.25, -0.2) is 8.78 Å². The number of nitrogen functional groups attached to an aromatic ring is 1. The standard InChI is InChI=1S/C12H15F2N3O/c1-17-3-2-7(6-17)16-12(18)8-4-9(13)10(14)5-11(8)15/h4-5,7H,2-3,6,15H2,1H3,(H,16,18). The Morgan fingerprint density at radius 2 is 2.11 bits per heavy atom. The quantitative estimate of drug-likeness (QED) is 0.774. The molecule has 1 heterocycles. The van der Waals surface area contributed by atoms with E-state index in [4.69, 9.17) is 5.73 Å². The summed E-state index contributed by atoms with van der Waals surface area (Å²) in [7, 11) is 1.96. The Balaban J connectivity index is 2.11. The predicted octanol–water partition coefficient (Wildman–Crippen LogP) is 0.981. The maximum absolute atomic E-state index is 13.1. The third-order valence-electron chi connectivity index (χ3n) is 3.06. The number of hydrogen-bond donors (Lipinski definition) is 2. The second kappa shape index (κ2) is 4.89. The smallest absolute Gasteiger partial charge is 0.253 e. The topological polar surface area (TPSA) is 58.4 Å². The lowest BCUT2D eigenvalue weighted by atomic mass is 10.1. The number of likely N-dealkylation sites (tertiary alicyclic amines) is 1. The highest BCUT2D eigenvalue weighted by Gasteiger charge is 2.23. The van der Waals surface area contributed by atoms with Gasteiger partial charge in [0.2, 0.25) is 0 Å².